The molecule has 18 heavy (non-hydrogen) atoms. The second-order valence-electron chi connectivity index (χ2n) is 6.96. The second kappa shape index (κ2) is 5.03. The minimum Gasteiger partial charge on any atom is -0.356 e. The average Bonchev–Trinajstić information content (AvgIpc) is 2.34. The predicted octanol–water partition coefficient (Wildman–Crippen LogP) is 3.05. The quantitative estimate of drug-likeness (QED) is 0.781. The van der Waals surface area contributed by atoms with Crippen molar-refractivity contribution in [1.82, 2.24) is 5.32 Å². The maximum absolute atomic E-state index is 12.4. The van der Waals surface area contributed by atoms with Gasteiger partial charge in [0, 0.05) is 18.3 Å². The molecule has 3 heteroatoms. The predicted molar refractivity (Wildman–Crippen MR) is 73.4 cm³/mol. The molecule has 0 aromatic rings. The number of rotatable bonds is 4. The number of carbonyl (C=O) groups excluding carboxylic acids is 1. The Morgan fingerprint density at radius 3 is 2.22 bits per heavy atom. The summed E-state index contributed by atoms with van der Waals surface area (Å²) >= 11 is 5.79. The number of hydrogen-bond donors (Lipinski definition) is 1. The van der Waals surface area contributed by atoms with E-state index < -0.39 is 0 Å². The molecule has 4 bridgehead atoms. The summed E-state index contributed by atoms with van der Waals surface area (Å²) < 4.78 is 0. The Kier molecular flexibility index (Phi) is 3.57. The molecule has 102 valence electrons. The fourth-order valence-corrected chi connectivity index (χ4v) is 4.91. The van der Waals surface area contributed by atoms with E-state index in [1.54, 1.807) is 0 Å². The molecule has 4 aliphatic carbocycles. The molecule has 0 saturated heterocycles. The molecule has 1 N–H and O–H groups in total. The molecule has 2 nitrogen and oxygen atoms in total. The summed E-state index contributed by atoms with van der Waals surface area (Å²) in [5.74, 6) is 4.91. The summed E-state index contributed by atoms with van der Waals surface area (Å²) in [6.45, 7) is 2.83. The topological polar surface area (TPSA) is 29.1 Å². The van der Waals surface area contributed by atoms with Gasteiger partial charge in [0.15, 0.2) is 0 Å². The molecule has 4 rings (SSSR count). The zero-order valence-corrected chi connectivity index (χ0v) is 12.0. The van der Waals surface area contributed by atoms with Crippen molar-refractivity contribution >= 4 is 17.5 Å². The average molecular weight is 270 g/mol. The van der Waals surface area contributed by atoms with Crippen LogP contribution in [0.25, 0.3) is 0 Å². The van der Waals surface area contributed by atoms with E-state index in [1.807, 2.05) is 0 Å². The van der Waals surface area contributed by atoms with Crippen molar-refractivity contribution in [2.45, 2.75) is 39.0 Å². The zero-order valence-electron chi connectivity index (χ0n) is 11.2. The van der Waals surface area contributed by atoms with Gasteiger partial charge < -0.3 is 5.32 Å². The third-order valence-corrected chi connectivity index (χ3v) is 5.94. The monoisotopic (exact) mass is 269 g/mol. The number of carbonyl (C=O) groups is 1. The van der Waals surface area contributed by atoms with Gasteiger partial charge in [0.25, 0.3) is 0 Å². The summed E-state index contributed by atoms with van der Waals surface area (Å²) in [7, 11) is 0. The van der Waals surface area contributed by atoms with Crippen molar-refractivity contribution in [2.75, 3.05) is 12.4 Å². The molecule has 0 radical (unpaired) electrons. The van der Waals surface area contributed by atoms with Gasteiger partial charge >= 0.3 is 0 Å². The van der Waals surface area contributed by atoms with Crippen LogP contribution >= 0.6 is 11.6 Å². The Bertz CT molecular complexity index is 302. The van der Waals surface area contributed by atoms with E-state index in [9.17, 15) is 4.79 Å². The van der Waals surface area contributed by atoms with E-state index in [0.717, 1.165) is 18.4 Å². The molecular formula is C15H24ClNO. The lowest BCUT2D eigenvalue weighted by Crippen LogP contribution is -2.51. The molecule has 4 aliphatic rings. The van der Waals surface area contributed by atoms with Gasteiger partial charge in [-0.3, -0.25) is 4.79 Å². The van der Waals surface area contributed by atoms with Crippen LogP contribution in [-0.2, 0) is 4.79 Å². The van der Waals surface area contributed by atoms with Gasteiger partial charge in [-0.05, 0) is 61.7 Å². The van der Waals surface area contributed by atoms with Crippen LogP contribution in [0.4, 0.5) is 0 Å². The van der Waals surface area contributed by atoms with Crippen LogP contribution < -0.4 is 5.32 Å². The largest absolute Gasteiger partial charge is 0.356 e. The van der Waals surface area contributed by atoms with Crippen LogP contribution in [0.2, 0.25) is 0 Å². The van der Waals surface area contributed by atoms with Crippen molar-refractivity contribution < 1.29 is 4.79 Å². The maximum atomic E-state index is 12.4. The molecule has 1 atom stereocenters. The van der Waals surface area contributed by atoms with Crippen molar-refractivity contribution in [3.8, 4) is 0 Å². The minimum atomic E-state index is 0.320. The lowest BCUT2D eigenvalue weighted by molar-refractivity contribution is -0.138. The molecule has 1 amide bonds. The first kappa shape index (κ1) is 12.8. The highest BCUT2D eigenvalue weighted by Crippen LogP contribution is 2.56. The van der Waals surface area contributed by atoms with Crippen LogP contribution in [0.15, 0.2) is 0 Å². The Morgan fingerprint density at radius 1 is 1.17 bits per heavy atom. The molecular weight excluding hydrogens is 246 g/mol. The summed E-state index contributed by atoms with van der Waals surface area (Å²) in [5, 5.41) is 3.14. The van der Waals surface area contributed by atoms with Gasteiger partial charge in [-0.15, -0.1) is 11.6 Å². The first-order chi connectivity index (χ1) is 8.67. The lowest BCUT2D eigenvalue weighted by Gasteiger charge is -2.53. The van der Waals surface area contributed by atoms with E-state index >= 15 is 0 Å². The summed E-state index contributed by atoms with van der Waals surface area (Å²) in [6, 6.07) is 0. The normalized spacial score (nSPS) is 42.9. The molecule has 4 fully saturated rings. The third-order valence-electron chi connectivity index (χ3n) is 5.42. The van der Waals surface area contributed by atoms with E-state index in [-0.39, 0.29) is 0 Å². The Hall–Kier alpha value is -0.240. The van der Waals surface area contributed by atoms with Crippen molar-refractivity contribution in [1.29, 1.82) is 0 Å². The second-order valence-corrected chi connectivity index (χ2v) is 7.27. The maximum Gasteiger partial charge on any atom is 0.223 e. The highest BCUT2D eigenvalue weighted by molar-refractivity contribution is 6.18. The fraction of sp³-hybridized carbons (Fsp3) is 0.933. The molecule has 1 unspecified atom stereocenters. The van der Waals surface area contributed by atoms with Gasteiger partial charge in [0.1, 0.15) is 0 Å². The van der Waals surface area contributed by atoms with Crippen LogP contribution in [0.5, 0.6) is 0 Å². The molecule has 0 spiro atoms. The molecule has 0 aromatic heterocycles. The SMILES string of the molecule is CC(CCl)CNC(=O)C1C2CC3CC(C2)CC1C3. The minimum absolute atomic E-state index is 0.320. The Labute approximate surface area is 115 Å². The summed E-state index contributed by atoms with van der Waals surface area (Å²) in [4.78, 5) is 12.4. The van der Waals surface area contributed by atoms with Crippen LogP contribution in [-0.4, -0.2) is 18.3 Å². The first-order valence-electron chi connectivity index (χ1n) is 7.51. The molecule has 0 heterocycles. The van der Waals surface area contributed by atoms with Crippen LogP contribution in [0.3, 0.4) is 0 Å². The number of amides is 1. The lowest BCUT2D eigenvalue weighted by atomic mass is 9.51. The molecule has 0 aromatic carbocycles. The molecule has 4 saturated carbocycles. The van der Waals surface area contributed by atoms with E-state index in [2.05, 4.69) is 12.2 Å². The first-order valence-corrected chi connectivity index (χ1v) is 8.04. The fourth-order valence-electron chi connectivity index (χ4n) is 4.80. The van der Waals surface area contributed by atoms with E-state index in [0.29, 0.717) is 35.5 Å². The standard InChI is InChI=1S/C15H24ClNO/c1-9(7-16)8-17-15(18)14-12-3-10-2-11(5-12)6-13(14)4-10/h9-14H,2-8H2,1H3,(H,17,18). The Morgan fingerprint density at radius 2 is 1.72 bits per heavy atom. The van der Waals surface area contributed by atoms with Crippen molar-refractivity contribution in [3.63, 3.8) is 0 Å². The van der Waals surface area contributed by atoms with Gasteiger partial charge in [0.2, 0.25) is 5.91 Å². The number of hydrogen-bond acceptors (Lipinski definition) is 1. The smallest absolute Gasteiger partial charge is 0.223 e. The number of halogens is 1. The van der Waals surface area contributed by atoms with Gasteiger partial charge in [-0.2, -0.15) is 0 Å². The Balaban J connectivity index is 1.60. The highest BCUT2D eigenvalue weighted by atomic mass is 35.5. The highest BCUT2D eigenvalue weighted by Gasteiger charge is 2.50. The number of alkyl halides is 1. The van der Waals surface area contributed by atoms with E-state index in [1.165, 1.54) is 32.1 Å². The molecule has 0 aliphatic heterocycles. The van der Waals surface area contributed by atoms with Crippen molar-refractivity contribution in [3.05, 3.63) is 0 Å². The zero-order chi connectivity index (χ0) is 12.7. The number of nitrogens with one attached hydrogen (secondary N) is 1. The third kappa shape index (κ3) is 2.29. The van der Waals surface area contributed by atoms with Crippen LogP contribution in [0.1, 0.15) is 39.0 Å². The van der Waals surface area contributed by atoms with Crippen LogP contribution in [0, 0.1) is 35.5 Å². The summed E-state index contributed by atoms with van der Waals surface area (Å²) in [6.07, 6.45) is 6.71. The summed E-state index contributed by atoms with van der Waals surface area (Å²) in [5.41, 5.74) is 0. The van der Waals surface area contributed by atoms with Gasteiger partial charge in [-0.1, -0.05) is 6.92 Å². The van der Waals surface area contributed by atoms with Crippen molar-refractivity contribution in [2.24, 2.45) is 35.5 Å². The van der Waals surface area contributed by atoms with Gasteiger partial charge in [-0.25, -0.2) is 0 Å². The van der Waals surface area contributed by atoms with Gasteiger partial charge in [0.05, 0.1) is 0 Å². The van der Waals surface area contributed by atoms with E-state index in [4.69, 9.17) is 11.6 Å².